The van der Waals surface area contributed by atoms with Crippen LogP contribution in [0.4, 0.5) is 4.39 Å². The molecule has 0 atom stereocenters. The van der Waals surface area contributed by atoms with Crippen LogP contribution in [-0.2, 0) is 6.54 Å². The van der Waals surface area contributed by atoms with Crippen molar-refractivity contribution in [3.8, 4) is 0 Å². The summed E-state index contributed by atoms with van der Waals surface area (Å²) in [4.78, 5) is 4.24. The van der Waals surface area contributed by atoms with E-state index in [4.69, 9.17) is 11.1 Å². The lowest BCUT2D eigenvalue weighted by Crippen LogP contribution is -2.12. The van der Waals surface area contributed by atoms with E-state index in [1.54, 1.807) is 18.3 Å². The van der Waals surface area contributed by atoms with Crippen LogP contribution < -0.4 is 5.73 Å². The van der Waals surface area contributed by atoms with Gasteiger partial charge in [-0.05, 0) is 24.3 Å². The van der Waals surface area contributed by atoms with Crippen molar-refractivity contribution in [3.05, 3.63) is 65.7 Å². The maximum atomic E-state index is 14.0. The van der Waals surface area contributed by atoms with Gasteiger partial charge in [0.2, 0.25) is 0 Å². The van der Waals surface area contributed by atoms with E-state index in [0.717, 1.165) is 11.0 Å². The molecule has 100 valence electrons. The van der Waals surface area contributed by atoms with Crippen LogP contribution in [-0.4, -0.2) is 15.4 Å². The number of nitrogen functional groups attached to an aromatic ring is 1. The molecule has 0 amide bonds. The molecule has 0 aliphatic rings. The zero-order valence-corrected chi connectivity index (χ0v) is 10.7. The second-order valence-corrected chi connectivity index (χ2v) is 4.57. The van der Waals surface area contributed by atoms with Crippen molar-refractivity contribution >= 4 is 16.9 Å². The van der Waals surface area contributed by atoms with Gasteiger partial charge in [0.15, 0.2) is 0 Å². The summed E-state index contributed by atoms with van der Waals surface area (Å²) in [6.07, 6.45) is 3.62. The predicted molar refractivity (Wildman–Crippen MR) is 76.3 cm³/mol. The largest absolute Gasteiger partial charge is 0.384 e. The Morgan fingerprint density at radius 1 is 1.30 bits per heavy atom. The molecule has 0 spiro atoms. The fourth-order valence-corrected chi connectivity index (χ4v) is 2.19. The number of nitrogens with two attached hydrogens (primary N) is 1. The highest BCUT2D eigenvalue weighted by molar-refractivity contribution is 5.94. The smallest absolute Gasteiger partial charge is 0.128 e. The molecule has 1 aromatic carbocycles. The lowest BCUT2D eigenvalue weighted by Gasteiger charge is -2.08. The molecule has 0 aliphatic heterocycles. The summed E-state index contributed by atoms with van der Waals surface area (Å²) in [7, 11) is 0. The van der Waals surface area contributed by atoms with Gasteiger partial charge in [-0.2, -0.15) is 0 Å². The van der Waals surface area contributed by atoms with Gasteiger partial charge in [-0.25, -0.2) is 4.39 Å². The number of nitrogens with one attached hydrogen (secondary N) is 1. The average Bonchev–Trinajstić information content (AvgIpc) is 2.84. The van der Waals surface area contributed by atoms with Crippen LogP contribution in [0.3, 0.4) is 0 Å². The molecule has 0 fully saturated rings. The van der Waals surface area contributed by atoms with Crippen LogP contribution in [0.2, 0.25) is 0 Å². The Morgan fingerprint density at radius 3 is 2.90 bits per heavy atom. The number of pyridine rings is 1. The van der Waals surface area contributed by atoms with E-state index in [9.17, 15) is 4.39 Å². The SMILES string of the molecule is N=C(N)c1ccc(Cn2ccc3ncccc32)c(F)c1. The highest BCUT2D eigenvalue weighted by Gasteiger charge is 2.08. The van der Waals surface area contributed by atoms with E-state index in [1.807, 2.05) is 29.0 Å². The Balaban J connectivity index is 1.97. The second kappa shape index (κ2) is 4.77. The standard InChI is InChI=1S/C15H13FN4/c16-12-8-10(15(17)18)3-4-11(12)9-20-7-5-13-14(20)2-1-6-19-13/h1-8H,9H2,(H3,17,18). The molecule has 4 nitrogen and oxygen atoms in total. The minimum Gasteiger partial charge on any atom is -0.384 e. The predicted octanol–water partition coefficient (Wildman–Crippen LogP) is 2.51. The maximum absolute atomic E-state index is 14.0. The number of halogens is 1. The lowest BCUT2D eigenvalue weighted by atomic mass is 10.1. The summed E-state index contributed by atoms with van der Waals surface area (Å²) in [5.74, 6) is -0.491. The summed E-state index contributed by atoms with van der Waals surface area (Å²) in [6, 6.07) is 10.3. The minimum atomic E-state index is -0.358. The van der Waals surface area contributed by atoms with Gasteiger partial charge in [0, 0.05) is 23.5 Å². The molecule has 0 saturated carbocycles. The third-order valence-corrected chi connectivity index (χ3v) is 3.24. The summed E-state index contributed by atoms with van der Waals surface area (Å²) in [5, 5.41) is 7.30. The maximum Gasteiger partial charge on any atom is 0.128 e. The number of hydrogen-bond donors (Lipinski definition) is 2. The van der Waals surface area contributed by atoms with Crippen LogP contribution >= 0.6 is 0 Å². The van der Waals surface area contributed by atoms with Gasteiger partial charge in [-0.15, -0.1) is 0 Å². The zero-order valence-electron chi connectivity index (χ0n) is 10.7. The van der Waals surface area contributed by atoms with E-state index in [-0.39, 0.29) is 11.7 Å². The first-order valence-electron chi connectivity index (χ1n) is 6.18. The van der Waals surface area contributed by atoms with E-state index >= 15 is 0 Å². The summed E-state index contributed by atoms with van der Waals surface area (Å²) < 4.78 is 16.0. The molecule has 0 radical (unpaired) electrons. The summed E-state index contributed by atoms with van der Waals surface area (Å²) in [5.41, 5.74) is 8.14. The number of hydrogen-bond acceptors (Lipinski definition) is 2. The van der Waals surface area contributed by atoms with Gasteiger partial charge in [0.25, 0.3) is 0 Å². The summed E-state index contributed by atoms with van der Waals surface area (Å²) in [6.45, 7) is 0.416. The third kappa shape index (κ3) is 2.14. The van der Waals surface area contributed by atoms with Crippen molar-refractivity contribution in [1.82, 2.24) is 9.55 Å². The highest BCUT2D eigenvalue weighted by Crippen LogP contribution is 2.17. The molecule has 5 heteroatoms. The van der Waals surface area contributed by atoms with Gasteiger partial charge < -0.3 is 10.3 Å². The first-order chi connectivity index (χ1) is 9.65. The molecule has 0 aliphatic carbocycles. The van der Waals surface area contributed by atoms with Gasteiger partial charge in [0.1, 0.15) is 11.7 Å². The fourth-order valence-electron chi connectivity index (χ4n) is 2.19. The Morgan fingerprint density at radius 2 is 2.15 bits per heavy atom. The van der Waals surface area contributed by atoms with Crippen LogP contribution in [0.25, 0.3) is 11.0 Å². The molecular weight excluding hydrogens is 255 g/mol. The van der Waals surface area contributed by atoms with E-state index in [0.29, 0.717) is 17.7 Å². The lowest BCUT2D eigenvalue weighted by molar-refractivity contribution is 0.601. The topological polar surface area (TPSA) is 67.7 Å². The molecular formula is C15H13FN4. The Labute approximate surface area is 115 Å². The van der Waals surface area contributed by atoms with Crippen LogP contribution in [0.1, 0.15) is 11.1 Å². The van der Waals surface area contributed by atoms with E-state index in [2.05, 4.69) is 4.98 Å². The fraction of sp³-hybridized carbons (Fsp3) is 0.0667. The van der Waals surface area contributed by atoms with Crippen molar-refractivity contribution in [2.45, 2.75) is 6.54 Å². The summed E-state index contributed by atoms with van der Waals surface area (Å²) >= 11 is 0. The van der Waals surface area contributed by atoms with Gasteiger partial charge in [-0.1, -0.05) is 12.1 Å². The minimum absolute atomic E-state index is 0.133. The molecule has 3 N–H and O–H groups in total. The molecule has 2 heterocycles. The molecule has 3 rings (SSSR count). The van der Waals surface area contributed by atoms with Crippen LogP contribution in [0, 0.1) is 11.2 Å². The molecule has 0 bridgehead atoms. The first-order valence-corrected chi connectivity index (χ1v) is 6.18. The van der Waals surface area contributed by atoms with Gasteiger partial charge in [0.05, 0.1) is 17.6 Å². The van der Waals surface area contributed by atoms with Gasteiger partial charge in [-0.3, -0.25) is 10.4 Å². The zero-order chi connectivity index (χ0) is 14.1. The van der Waals surface area contributed by atoms with Crippen molar-refractivity contribution in [2.75, 3.05) is 0 Å². The normalized spacial score (nSPS) is 10.8. The highest BCUT2D eigenvalue weighted by atomic mass is 19.1. The first kappa shape index (κ1) is 12.3. The van der Waals surface area contributed by atoms with Crippen LogP contribution in [0.15, 0.2) is 48.8 Å². The van der Waals surface area contributed by atoms with Crippen molar-refractivity contribution in [3.63, 3.8) is 0 Å². The second-order valence-electron chi connectivity index (χ2n) is 4.57. The monoisotopic (exact) mass is 268 g/mol. The number of aromatic nitrogens is 2. The number of benzene rings is 1. The Kier molecular flexibility index (Phi) is 2.95. The van der Waals surface area contributed by atoms with Crippen LogP contribution in [0.5, 0.6) is 0 Å². The molecule has 3 aromatic rings. The van der Waals surface area contributed by atoms with Gasteiger partial charge >= 0.3 is 0 Å². The van der Waals surface area contributed by atoms with E-state index in [1.165, 1.54) is 6.07 Å². The number of nitrogens with zero attached hydrogens (tertiary/aromatic N) is 2. The Bertz CT molecular complexity index is 791. The molecule has 0 unspecified atom stereocenters. The Hall–Kier alpha value is -2.69. The molecule has 0 saturated heterocycles. The quantitative estimate of drug-likeness (QED) is 0.566. The number of rotatable bonds is 3. The van der Waals surface area contributed by atoms with E-state index < -0.39 is 0 Å². The van der Waals surface area contributed by atoms with Crippen molar-refractivity contribution in [2.24, 2.45) is 5.73 Å². The third-order valence-electron chi connectivity index (χ3n) is 3.24. The van der Waals surface area contributed by atoms with Crippen molar-refractivity contribution < 1.29 is 4.39 Å². The molecule has 20 heavy (non-hydrogen) atoms. The van der Waals surface area contributed by atoms with Crippen molar-refractivity contribution in [1.29, 1.82) is 5.41 Å². The molecule has 2 aromatic heterocycles. The number of amidine groups is 1. The number of fused-ring (bicyclic) bond motifs is 1. The average molecular weight is 268 g/mol.